The number of carbonyl (C=O) groups excluding carboxylic acids is 1. The van der Waals surface area contributed by atoms with Crippen molar-refractivity contribution in [3.05, 3.63) is 0 Å². The normalized spacial score (nSPS) is 25.0. The third kappa shape index (κ3) is 2.71. The first-order valence-corrected chi connectivity index (χ1v) is 2.71. The summed E-state index contributed by atoms with van der Waals surface area (Å²) in [6.45, 7) is 0.935. The number of carbonyl (C=O) groups is 1. The summed E-state index contributed by atoms with van der Waals surface area (Å²) < 4.78 is 9.55. The number of aliphatic carboxylic acids is 1. The van der Waals surface area contributed by atoms with Gasteiger partial charge in [-0.3, -0.25) is 0 Å². The molecule has 1 aliphatic rings. The molecule has 0 aromatic rings. The maximum atomic E-state index is 10.0. The van der Waals surface area contributed by atoms with Crippen molar-refractivity contribution in [2.45, 2.75) is 6.10 Å². The molecule has 0 spiro atoms. The topological polar surface area (TPSA) is 58.6 Å². The molecule has 0 N–H and O–H groups in total. The van der Waals surface area contributed by atoms with Crippen molar-refractivity contribution in [2.24, 2.45) is 0 Å². The molecule has 1 unspecified atom stereocenters. The van der Waals surface area contributed by atoms with Gasteiger partial charge >= 0.3 is 18.9 Å². The standard InChI is InChI=1S/C5H8O4.Li/c6-5(7)4-3-8-1-2-9-4;/h4H,1-3H2,(H,6,7);/q;+1/p-1. The van der Waals surface area contributed by atoms with E-state index >= 15 is 0 Å². The van der Waals surface area contributed by atoms with Crippen LogP contribution in [0.25, 0.3) is 0 Å². The van der Waals surface area contributed by atoms with Crippen molar-refractivity contribution in [2.75, 3.05) is 19.8 Å². The van der Waals surface area contributed by atoms with E-state index in [1.54, 1.807) is 0 Å². The molecule has 0 amide bonds. The van der Waals surface area contributed by atoms with Gasteiger partial charge in [-0.15, -0.1) is 0 Å². The number of rotatable bonds is 1. The van der Waals surface area contributed by atoms with Gasteiger partial charge in [-0.05, 0) is 0 Å². The zero-order chi connectivity index (χ0) is 6.69. The van der Waals surface area contributed by atoms with E-state index in [2.05, 4.69) is 0 Å². The summed E-state index contributed by atoms with van der Waals surface area (Å²) in [7, 11) is 0. The van der Waals surface area contributed by atoms with Crippen molar-refractivity contribution in [3.63, 3.8) is 0 Å². The van der Waals surface area contributed by atoms with Gasteiger partial charge in [-0.1, -0.05) is 0 Å². The summed E-state index contributed by atoms with van der Waals surface area (Å²) in [5.41, 5.74) is 0. The second kappa shape index (κ2) is 4.75. The molecular formula is C5H7LiO4. The van der Waals surface area contributed by atoms with Gasteiger partial charge < -0.3 is 19.4 Å². The van der Waals surface area contributed by atoms with Crippen LogP contribution in [0.15, 0.2) is 0 Å². The zero-order valence-corrected chi connectivity index (χ0v) is 5.83. The molecule has 1 atom stereocenters. The summed E-state index contributed by atoms with van der Waals surface area (Å²) in [5.74, 6) is -1.20. The Morgan fingerprint density at radius 1 is 1.50 bits per heavy atom. The summed E-state index contributed by atoms with van der Waals surface area (Å²) in [5, 5.41) is 10.0. The molecule has 0 aromatic heterocycles. The van der Waals surface area contributed by atoms with Crippen LogP contribution < -0.4 is 24.0 Å². The molecule has 0 aromatic carbocycles. The Kier molecular flexibility index (Phi) is 4.74. The average Bonchev–Trinajstić information content (AvgIpc) is 1.90. The van der Waals surface area contributed by atoms with Crippen LogP contribution in [0.5, 0.6) is 0 Å². The fraction of sp³-hybridized carbons (Fsp3) is 0.800. The Balaban J connectivity index is 0.000000810. The van der Waals surface area contributed by atoms with E-state index in [0.29, 0.717) is 13.2 Å². The second-order valence-corrected chi connectivity index (χ2v) is 1.75. The van der Waals surface area contributed by atoms with Gasteiger partial charge in [0.15, 0.2) is 0 Å². The predicted molar refractivity (Wildman–Crippen MR) is 25.6 cm³/mol. The number of carboxylic acids is 1. The summed E-state index contributed by atoms with van der Waals surface area (Å²) in [6.07, 6.45) is -0.862. The molecular weight excluding hydrogens is 131 g/mol. The van der Waals surface area contributed by atoms with Gasteiger partial charge in [-0.2, -0.15) is 0 Å². The van der Waals surface area contributed by atoms with Gasteiger partial charge in [0.25, 0.3) is 0 Å². The van der Waals surface area contributed by atoms with Crippen LogP contribution in [0.2, 0.25) is 0 Å². The molecule has 0 saturated carbocycles. The number of carboxylic acid groups (broad SMARTS) is 1. The maximum Gasteiger partial charge on any atom is 1.00 e. The fourth-order valence-corrected chi connectivity index (χ4v) is 0.624. The molecule has 5 heteroatoms. The van der Waals surface area contributed by atoms with E-state index in [-0.39, 0.29) is 25.5 Å². The fourth-order valence-electron chi connectivity index (χ4n) is 0.624. The summed E-state index contributed by atoms with van der Waals surface area (Å²) in [6, 6.07) is 0. The van der Waals surface area contributed by atoms with E-state index in [4.69, 9.17) is 9.47 Å². The Morgan fingerprint density at radius 3 is 2.50 bits per heavy atom. The Bertz CT molecular complexity index is 110. The molecule has 0 aliphatic carbocycles. The van der Waals surface area contributed by atoms with Crippen LogP contribution in [-0.4, -0.2) is 31.9 Å². The first-order valence-electron chi connectivity index (χ1n) is 2.71. The van der Waals surface area contributed by atoms with Gasteiger partial charge in [-0.25, -0.2) is 0 Å². The quantitative estimate of drug-likeness (QED) is 0.341. The van der Waals surface area contributed by atoms with Crippen molar-refractivity contribution in [1.82, 2.24) is 0 Å². The SMILES string of the molecule is O=C([O-])C1COCCO1.[Li+]. The molecule has 52 valence electrons. The van der Waals surface area contributed by atoms with Crippen molar-refractivity contribution in [3.8, 4) is 0 Å². The van der Waals surface area contributed by atoms with E-state index in [1.165, 1.54) is 0 Å². The smallest absolute Gasteiger partial charge is 0.547 e. The van der Waals surface area contributed by atoms with Crippen LogP contribution in [0.1, 0.15) is 0 Å². The van der Waals surface area contributed by atoms with E-state index in [1.807, 2.05) is 0 Å². The van der Waals surface area contributed by atoms with E-state index in [9.17, 15) is 9.90 Å². The molecule has 1 rings (SSSR count). The summed E-state index contributed by atoms with van der Waals surface area (Å²) in [4.78, 5) is 10.0. The van der Waals surface area contributed by atoms with Crippen molar-refractivity contribution in [1.29, 1.82) is 0 Å². The minimum absolute atomic E-state index is 0. The van der Waals surface area contributed by atoms with E-state index in [0.717, 1.165) is 0 Å². The van der Waals surface area contributed by atoms with Crippen LogP contribution >= 0.6 is 0 Å². The Morgan fingerprint density at radius 2 is 2.20 bits per heavy atom. The molecule has 0 bridgehead atoms. The molecule has 0 radical (unpaired) electrons. The average molecular weight is 138 g/mol. The Hall–Kier alpha value is -0.0126. The molecule has 1 fully saturated rings. The first kappa shape index (κ1) is 9.99. The number of ether oxygens (including phenoxy) is 2. The minimum atomic E-state index is -1.20. The largest absolute Gasteiger partial charge is 1.00 e. The molecule has 1 aliphatic heterocycles. The zero-order valence-electron chi connectivity index (χ0n) is 5.83. The third-order valence-electron chi connectivity index (χ3n) is 1.08. The van der Waals surface area contributed by atoms with E-state index < -0.39 is 12.1 Å². The van der Waals surface area contributed by atoms with Crippen molar-refractivity contribution < 1.29 is 38.2 Å². The van der Waals surface area contributed by atoms with Gasteiger partial charge in [0.05, 0.1) is 25.8 Å². The molecule has 1 heterocycles. The number of hydrogen-bond donors (Lipinski definition) is 0. The third-order valence-corrected chi connectivity index (χ3v) is 1.08. The Labute approximate surface area is 70.7 Å². The van der Waals surface area contributed by atoms with Crippen molar-refractivity contribution >= 4 is 5.97 Å². The number of hydrogen-bond acceptors (Lipinski definition) is 4. The second-order valence-electron chi connectivity index (χ2n) is 1.75. The van der Waals surface area contributed by atoms with Gasteiger partial charge in [0.1, 0.15) is 6.10 Å². The van der Waals surface area contributed by atoms with Gasteiger partial charge in [0, 0.05) is 0 Å². The molecule has 1 saturated heterocycles. The van der Waals surface area contributed by atoms with Crippen LogP contribution in [-0.2, 0) is 14.3 Å². The van der Waals surface area contributed by atoms with Crippen LogP contribution in [0.3, 0.4) is 0 Å². The first-order chi connectivity index (χ1) is 4.30. The predicted octanol–water partition coefficient (Wildman–Crippen LogP) is -4.84. The summed E-state index contributed by atoms with van der Waals surface area (Å²) >= 11 is 0. The maximum absolute atomic E-state index is 10.0. The molecule has 10 heavy (non-hydrogen) atoms. The monoisotopic (exact) mass is 138 g/mol. The van der Waals surface area contributed by atoms with Crippen LogP contribution in [0.4, 0.5) is 0 Å². The minimum Gasteiger partial charge on any atom is -0.547 e. The van der Waals surface area contributed by atoms with Crippen LogP contribution in [0, 0.1) is 0 Å². The van der Waals surface area contributed by atoms with Gasteiger partial charge in [0.2, 0.25) is 0 Å². The molecule has 4 nitrogen and oxygen atoms in total.